The van der Waals surface area contributed by atoms with Crippen molar-refractivity contribution >= 4 is 5.97 Å². The summed E-state index contributed by atoms with van der Waals surface area (Å²) in [6.45, 7) is 1.98. The van der Waals surface area contributed by atoms with Crippen LogP contribution in [0.3, 0.4) is 0 Å². The largest absolute Gasteiger partial charge is 0.355 e. The fourth-order valence-electron chi connectivity index (χ4n) is 1.13. The molecule has 0 aliphatic carbocycles. The summed E-state index contributed by atoms with van der Waals surface area (Å²) in [5.41, 5.74) is 2.22. The smallest absolute Gasteiger partial charge is 0.247 e. The summed E-state index contributed by atoms with van der Waals surface area (Å²) in [4.78, 5) is 10.2. The number of hydrogen-bond acceptors (Lipinski definition) is 1. The van der Waals surface area contributed by atoms with Crippen LogP contribution >= 0.6 is 0 Å². The first-order valence-electron chi connectivity index (χ1n) is 3.94. The average molecular weight is 163 g/mol. The summed E-state index contributed by atoms with van der Waals surface area (Å²) in [5.74, 6) is -0.988. The van der Waals surface area contributed by atoms with Crippen LogP contribution in [0.2, 0.25) is 0 Å². The maximum atomic E-state index is 10.2. The van der Waals surface area contributed by atoms with Gasteiger partial charge < -0.3 is 0 Å². The Morgan fingerprint density at radius 1 is 1.33 bits per heavy atom. The van der Waals surface area contributed by atoms with E-state index in [-0.39, 0.29) is 6.42 Å². The molecule has 2 nitrogen and oxygen atoms in total. The van der Waals surface area contributed by atoms with E-state index in [9.17, 15) is 9.90 Å². The fourth-order valence-corrected chi connectivity index (χ4v) is 1.13. The molecule has 0 spiro atoms. The zero-order valence-corrected chi connectivity index (χ0v) is 7.04. The van der Waals surface area contributed by atoms with Gasteiger partial charge in [0.2, 0.25) is 0 Å². The molecular weight excluding hydrogens is 152 g/mol. The molecule has 0 atom stereocenters. The number of benzene rings is 1. The Morgan fingerprint density at radius 2 is 2.00 bits per heavy atom. The normalized spacial score (nSPS) is 9.75. The van der Waals surface area contributed by atoms with Crippen molar-refractivity contribution in [1.82, 2.24) is 0 Å². The van der Waals surface area contributed by atoms with E-state index in [2.05, 4.69) is 0 Å². The summed E-state index contributed by atoms with van der Waals surface area (Å²) >= 11 is 0. The van der Waals surface area contributed by atoms with Gasteiger partial charge in [0.05, 0.1) is 6.42 Å². The number of carbonyl (C=O) groups is 1. The molecule has 1 radical (unpaired) electrons. The van der Waals surface area contributed by atoms with Gasteiger partial charge in [-0.15, -0.1) is 0 Å². The molecule has 0 unspecified atom stereocenters. The van der Waals surface area contributed by atoms with Gasteiger partial charge in [0.25, 0.3) is 0 Å². The first-order valence-corrected chi connectivity index (χ1v) is 3.94. The van der Waals surface area contributed by atoms with Crippen LogP contribution in [0.1, 0.15) is 17.5 Å². The van der Waals surface area contributed by atoms with E-state index < -0.39 is 5.97 Å². The van der Waals surface area contributed by atoms with Gasteiger partial charge in [-0.05, 0) is 24.5 Å². The maximum Gasteiger partial charge on any atom is 0.355 e. The lowest BCUT2D eigenvalue weighted by Crippen LogP contribution is -1.97. The number of carbonyl (C=O) groups excluding carboxylic acids is 1. The predicted octanol–water partition coefficient (Wildman–Crippen LogP) is 1.88. The van der Waals surface area contributed by atoms with E-state index in [4.69, 9.17) is 0 Å². The van der Waals surface area contributed by atoms with Crippen molar-refractivity contribution in [3.63, 3.8) is 0 Å². The highest BCUT2D eigenvalue weighted by Crippen LogP contribution is 2.08. The van der Waals surface area contributed by atoms with E-state index in [1.807, 2.05) is 31.2 Å². The average Bonchev–Trinajstić information content (AvgIpc) is 2.03. The minimum Gasteiger partial charge on any atom is -0.247 e. The summed E-state index contributed by atoms with van der Waals surface area (Å²) in [6.07, 6.45) is 0.667. The molecule has 0 amide bonds. The van der Waals surface area contributed by atoms with Gasteiger partial charge in [0.1, 0.15) is 0 Å². The second-order valence-electron chi connectivity index (χ2n) is 2.80. The van der Waals surface area contributed by atoms with Crippen LogP contribution in [0.25, 0.3) is 0 Å². The lowest BCUT2D eigenvalue weighted by Gasteiger charge is -2.01. The van der Waals surface area contributed by atoms with E-state index in [0.717, 1.165) is 11.1 Å². The SMILES string of the molecule is Cc1ccccc1CCC([O])=O. The van der Waals surface area contributed by atoms with E-state index in [0.29, 0.717) is 6.42 Å². The van der Waals surface area contributed by atoms with Crippen molar-refractivity contribution in [3.05, 3.63) is 35.4 Å². The van der Waals surface area contributed by atoms with Gasteiger partial charge in [-0.2, -0.15) is 0 Å². The Labute approximate surface area is 71.8 Å². The van der Waals surface area contributed by atoms with E-state index in [1.54, 1.807) is 0 Å². The van der Waals surface area contributed by atoms with Gasteiger partial charge in [0, 0.05) is 0 Å². The highest BCUT2D eigenvalue weighted by atomic mass is 16.4. The molecule has 0 N–H and O–H groups in total. The summed E-state index contributed by atoms with van der Waals surface area (Å²) in [7, 11) is 0. The quantitative estimate of drug-likeness (QED) is 0.670. The Kier molecular flexibility index (Phi) is 2.86. The maximum absolute atomic E-state index is 10.2. The van der Waals surface area contributed by atoms with Crippen molar-refractivity contribution in [1.29, 1.82) is 0 Å². The third-order valence-corrected chi connectivity index (χ3v) is 1.86. The second kappa shape index (κ2) is 3.90. The van der Waals surface area contributed by atoms with Crippen LogP contribution in [-0.2, 0) is 16.3 Å². The Balaban J connectivity index is 2.63. The molecule has 0 saturated carbocycles. The molecule has 0 aliphatic rings. The van der Waals surface area contributed by atoms with E-state index in [1.165, 1.54) is 0 Å². The van der Waals surface area contributed by atoms with Gasteiger partial charge in [-0.1, -0.05) is 24.3 Å². The number of hydrogen-bond donors (Lipinski definition) is 0. The predicted molar refractivity (Wildman–Crippen MR) is 45.2 cm³/mol. The lowest BCUT2D eigenvalue weighted by atomic mass is 10.0. The molecule has 0 heterocycles. The third kappa shape index (κ3) is 2.38. The van der Waals surface area contributed by atoms with Crippen LogP contribution < -0.4 is 0 Å². The summed E-state index contributed by atoms with van der Waals surface area (Å²) < 4.78 is 0. The summed E-state index contributed by atoms with van der Waals surface area (Å²) in [5, 5.41) is 10.2. The number of aryl methyl sites for hydroxylation is 2. The van der Waals surface area contributed by atoms with Gasteiger partial charge >= 0.3 is 5.97 Å². The van der Waals surface area contributed by atoms with Crippen molar-refractivity contribution in [2.75, 3.05) is 0 Å². The summed E-state index contributed by atoms with van der Waals surface area (Å²) in [6, 6.07) is 7.78. The van der Waals surface area contributed by atoms with Crippen LogP contribution in [0.5, 0.6) is 0 Å². The molecule has 1 aromatic rings. The molecular formula is C10H11O2. The van der Waals surface area contributed by atoms with Crippen LogP contribution in [0.15, 0.2) is 24.3 Å². The van der Waals surface area contributed by atoms with Crippen LogP contribution in [0.4, 0.5) is 0 Å². The topological polar surface area (TPSA) is 37.0 Å². The monoisotopic (exact) mass is 163 g/mol. The third-order valence-electron chi connectivity index (χ3n) is 1.86. The Morgan fingerprint density at radius 3 is 2.58 bits per heavy atom. The molecule has 0 fully saturated rings. The standard InChI is InChI=1S/C10H11O2/c1-8-4-2-3-5-9(8)6-7-10(11)12/h2-5H,6-7H2,1H3. The first-order chi connectivity index (χ1) is 5.70. The molecule has 0 aliphatic heterocycles. The second-order valence-corrected chi connectivity index (χ2v) is 2.80. The zero-order chi connectivity index (χ0) is 8.97. The minimum absolute atomic E-state index is 0.102. The highest BCUT2D eigenvalue weighted by Gasteiger charge is 2.02. The molecule has 1 aromatic carbocycles. The van der Waals surface area contributed by atoms with Gasteiger partial charge in [0.15, 0.2) is 0 Å². The Hall–Kier alpha value is -1.31. The molecule has 0 aromatic heterocycles. The highest BCUT2D eigenvalue weighted by molar-refractivity contribution is 5.66. The molecule has 12 heavy (non-hydrogen) atoms. The zero-order valence-electron chi connectivity index (χ0n) is 7.04. The minimum atomic E-state index is -0.988. The molecule has 0 bridgehead atoms. The van der Waals surface area contributed by atoms with Gasteiger partial charge in [-0.25, -0.2) is 9.90 Å². The number of rotatable bonds is 3. The van der Waals surface area contributed by atoms with E-state index >= 15 is 0 Å². The molecule has 1 rings (SSSR count). The van der Waals surface area contributed by atoms with Crippen molar-refractivity contribution in [2.24, 2.45) is 0 Å². The molecule has 2 heteroatoms. The Bertz CT molecular complexity index is 279. The van der Waals surface area contributed by atoms with Crippen LogP contribution in [-0.4, -0.2) is 5.97 Å². The molecule has 63 valence electrons. The van der Waals surface area contributed by atoms with Gasteiger partial charge in [-0.3, -0.25) is 0 Å². The first kappa shape index (κ1) is 8.78. The van der Waals surface area contributed by atoms with Crippen LogP contribution in [0, 0.1) is 6.92 Å². The van der Waals surface area contributed by atoms with Crippen molar-refractivity contribution < 1.29 is 9.90 Å². The lowest BCUT2D eigenvalue weighted by molar-refractivity contribution is -0.143. The fraction of sp³-hybridized carbons (Fsp3) is 0.300. The van der Waals surface area contributed by atoms with Crippen molar-refractivity contribution in [2.45, 2.75) is 19.8 Å². The van der Waals surface area contributed by atoms with Crippen molar-refractivity contribution in [3.8, 4) is 0 Å². The molecule has 0 saturated heterocycles.